The van der Waals surface area contributed by atoms with E-state index in [9.17, 15) is 8.78 Å². The van der Waals surface area contributed by atoms with Crippen molar-refractivity contribution >= 4 is 5.82 Å². The van der Waals surface area contributed by atoms with Crippen molar-refractivity contribution in [1.82, 2.24) is 9.97 Å². The minimum atomic E-state index is -2.44. The first-order chi connectivity index (χ1) is 7.05. The third-order valence-electron chi connectivity index (χ3n) is 2.50. The van der Waals surface area contributed by atoms with Gasteiger partial charge in [0.1, 0.15) is 5.82 Å². The summed E-state index contributed by atoms with van der Waals surface area (Å²) >= 11 is 0. The highest BCUT2D eigenvalue weighted by Gasteiger charge is 2.44. The van der Waals surface area contributed by atoms with Crippen molar-refractivity contribution in [2.75, 3.05) is 11.9 Å². The number of alkyl halides is 2. The largest absolute Gasteiger partial charge is 0.369 e. The van der Waals surface area contributed by atoms with Crippen LogP contribution in [0.2, 0.25) is 0 Å². The predicted octanol–water partition coefficient (Wildman–Crippen LogP) is 2.24. The van der Waals surface area contributed by atoms with Crippen LogP contribution in [0.25, 0.3) is 0 Å². The third kappa shape index (κ3) is 2.61. The fourth-order valence-electron chi connectivity index (χ4n) is 1.73. The Labute approximate surface area is 86.9 Å². The molecule has 1 aliphatic rings. The van der Waals surface area contributed by atoms with Crippen molar-refractivity contribution in [3.8, 4) is 0 Å². The summed E-state index contributed by atoms with van der Waals surface area (Å²) in [5.41, 5.74) is 0.818. The van der Waals surface area contributed by atoms with E-state index in [-0.39, 0.29) is 18.8 Å². The molecule has 2 rings (SSSR count). The van der Waals surface area contributed by atoms with E-state index in [0.29, 0.717) is 12.4 Å². The van der Waals surface area contributed by atoms with E-state index in [1.165, 1.54) is 0 Å². The van der Waals surface area contributed by atoms with Gasteiger partial charge in [-0.2, -0.15) is 0 Å². The molecule has 1 aromatic heterocycles. The van der Waals surface area contributed by atoms with Gasteiger partial charge in [0.15, 0.2) is 0 Å². The number of halogens is 2. The second-order valence-corrected chi connectivity index (χ2v) is 4.06. The summed E-state index contributed by atoms with van der Waals surface area (Å²) < 4.78 is 25.0. The van der Waals surface area contributed by atoms with Crippen LogP contribution in [0.1, 0.15) is 18.5 Å². The zero-order chi connectivity index (χ0) is 10.9. The number of hydrogen-bond donors (Lipinski definition) is 1. The normalized spacial score (nSPS) is 19.7. The Hall–Kier alpha value is -1.26. The number of aromatic nitrogens is 2. The number of nitrogens with one attached hydrogen (secondary N) is 1. The van der Waals surface area contributed by atoms with E-state index in [2.05, 4.69) is 15.3 Å². The van der Waals surface area contributed by atoms with Crippen LogP contribution in [0.15, 0.2) is 12.4 Å². The molecule has 0 amide bonds. The number of nitrogens with zero attached hydrogens (tertiary/aromatic N) is 2. The molecular weight excluding hydrogens is 200 g/mol. The van der Waals surface area contributed by atoms with Crippen molar-refractivity contribution < 1.29 is 8.78 Å². The molecule has 0 saturated heterocycles. The molecule has 0 aliphatic heterocycles. The maximum atomic E-state index is 12.5. The summed E-state index contributed by atoms with van der Waals surface area (Å²) in [5.74, 6) is -1.72. The number of anilines is 1. The van der Waals surface area contributed by atoms with Gasteiger partial charge in [-0.05, 0) is 12.8 Å². The highest BCUT2D eigenvalue weighted by molar-refractivity contribution is 5.31. The van der Waals surface area contributed by atoms with Gasteiger partial charge >= 0.3 is 0 Å². The van der Waals surface area contributed by atoms with Crippen molar-refractivity contribution in [1.29, 1.82) is 0 Å². The molecule has 5 heteroatoms. The molecule has 1 aliphatic carbocycles. The van der Waals surface area contributed by atoms with Crippen LogP contribution in [0.3, 0.4) is 0 Å². The summed E-state index contributed by atoms with van der Waals surface area (Å²) in [5, 5.41) is 3.02. The number of hydrogen-bond acceptors (Lipinski definition) is 3. The van der Waals surface area contributed by atoms with Gasteiger partial charge in [0.2, 0.25) is 5.92 Å². The highest BCUT2D eigenvalue weighted by Crippen LogP contribution is 2.42. The van der Waals surface area contributed by atoms with Crippen molar-refractivity contribution in [2.45, 2.75) is 25.7 Å². The van der Waals surface area contributed by atoms with Crippen molar-refractivity contribution in [3.05, 3.63) is 18.1 Å². The lowest BCUT2D eigenvalue weighted by Gasteiger charge is -2.34. The second-order valence-electron chi connectivity index (χ2n) is 4.06. The van der Waals surface area contributed by atoms with Crippen LogP contribution >= 0.6 is 0 Å². The Balaban J connectivity index is 1.80. The fraction of sp³-hybridized carbons (Fsp3) is 0.600. The third-order valence-corrected chi connectivity index (χ3v) is 2.50. The molecule has 82 valence electrons. The maximum Gasteiger partial charge on any atom is 0.248 e. The average Bonchev–Trinajstić information content (AvgIpc) is 2.11. The summed E-state index contributed by atoms with van der Waals surface area (Å²) in [7, 11) is 0. The van der Waals surface area contributed by atoms with Gasteiger partial charge in [-0.15, -0.1) is 0 Å². The molecule has 3 nitrogen and oxygen atoms in total. The summed E-state index contributed by atoms with van der Waals surface area (Å²) in [6.07, 6.45) is 3.23. The number of aryl methyl sites for hydroxylation is 1. The summed E-state index contributed by atoms with van der Waals surface area (Å²) in [4.78, 5) is 8.14. The van der Waals surface area contributed by atoms with Gasteiger partial charge in [0, 0.05) is 25.6 Å². The van der Waals surface area contributed by atoms with E-state index in [0.717, 1.165) is 5.69 Å². The van der Waals surface area contributed by atoms with Crippen molar-refractivity contribution in [3.63, 3.8) is 0 Å². The molecule has 15 heavy (non-hydrogen) atoms. The Morgan fingerprint density at radius 2 is 2.20 bits per heavy atom. The standard InChI is InChI=1S/C10H13F2N3/c1-7-4-13-6-9(15-7)14-5-8-2-10(11,12)3-8/h4,6,8H,2-3,5H2,1H3,(H,14,15). The van der Waals surface area contributed by atoms with E-state index in [1.807, 2.05) is 6.92 Å². The zero-order valence-electron chi connectivity index (χ0n) is 8.50. The van der Waals surface area contributed by atoms with Gasteiger partial charge in [-0.3, -0.25) is 4.98 Å². The Morgan fingerprint density at radius 3 is 2.80 bits per heavy atom. The van der Waals surface area contributed by atoms with Gasteiger partial charge in [0.25, 0.3) is 0 Å². The lowest BCUT2D eigenvalue weighted by molar-refractivity contribution is -0.106. The molecule has 1 saturated carbocycles. The van der Waals surface area contributed by atoms with Gasteiger partial charge in [0.05, 0.1) is 11.9 Å². The van der Waals surface area contributed by atoms with E-state index < -0.39 is 5.92 Å². The van der Waals surface area contributed by atoms with Crippen LogP contribution in [-0.2, 0) is 0 Å². The fourth-order valence-corrected chi connectivity index (χ4v) is 1.73. The summed E-state index contributed by atoms with van der Waals surface area (Å²) in [6.45, 7) is 2.39. The molecular formula is C10H13F2N3. The quantitative estimate of drug-likeness (QED) is 0.836. The van der Waals surface area contributed by atoms with Crippen LogP contribution in [0, 0.1) is 12.8 Å². The summed E-state index contributed by atoms with van der Waals surface area (Å²) in [6, 6.07) is 0. The predicted molar refractivity (Wildman–Crippen MR) is 52.9 cm³/mol. The van der Waals surface area contributed by atoms with E-state index >= 15 is 0 Å². The first kappa shape index (κ1) is 10.3. The zero-order valence-corrected chi connectivity index (χ0v) is 8.50. The lowest BCUT2D eigenvalue weighted by Crippen LogP contribution is -2.39. The van der Waals surface area contributed by atoms with Crippen LogP contribution < -0.4 is 5.32 Å². The Bertz CT molecular complexity index is 346. The molecule has 1 heterocycles. The molecule has 0 atom stereocenters. The van der Waals surface area contributed by atoms with Crippen LogP contribution in [0.4, 0.5) is 14.6 Å². The highest BCUT2D eigenvalue weighted by atomic mass is 19.3. The molecule has 0 radical (unpaired) electrons. The van der Waals surface area contributed by atoms with Gasteiger partial charge < -0.3 is 5.32 Å². The first-order valence-corrected chi connectivity index (χ1v) is 4.95. The van der Waals surface area contributed by atoms with Crippen molar-refractivity contribution in [2.24, 2.45) is 5.92 Å². The maximum absolute atomic E-state index is 12.5. The van der Waals surface area contributed by atoms with E-state index in [4.69, 9.17) is 0 Å². The molecule has 0 bridgehead atoms. The Morgan fingerprint density at radius 1 is 1.47 bits per heavy atom. The van der Waals surface area contributed by atoms with Crippen LogP contribution in [0.5, 0.6) is 0 Å². The smallest absolute Gasteiger partial charge is 0.248 e. The molecule has 1 aromatic rings. The second kappa shape index (κ2) is 3.72. The molecule has 0 unspecified atom stereocenters. The minimum absolute atomic E-state index is 0.0146. The SMILES string of the molecule is Cc1cncc(NCC2CC(F)(F)C2)n1. The Kier molecular flexibility index (Phi) is 2.54. The van der Waals surface area contributed by atoms with Gasteiger partial charge in [-0.25, -0.2) is 13.8 Å². The monoisotopic (exact) mass is 213 g/mol. The first-order valence-electron chi connectivity index (χ1n) is 4.95. The van der Waals surface area contributed by atoms with E-state index in [1.54, 1.807) is 12.4 Å². The molecule has 1 fully saturated rings. The molecule has 1 N–H and O–H groups in total. The lowest BCUT2D eigenvalue weighted by atomic mass is 9.81. The van der Waals surface area contributed by atoms with Gasteiger partial charge in [-0.1, -0.05) is 0 Å². The minimum Gasteiger partial charge on any atom is -0.369 e. The topological polar surface area (TPSA) is 37.8 Å². The molecule has 0 spiro atoms. The average molecular weight is 213 g/mol. The number of rotatable bonds is 3. The van der Waals surface area contributed by atoms with Crippen LogP contribution in [-0.4, -0.2) is 22.4 Å². The molecule has 0 aromatic carbocycles.